The van der Waals surface area contributed by atoms with Crippen LogP contribution in [0.4, 0.5) is 10.1 Å². The fraction of sp³-hybridized carbons (Fsp3) is 0.364. The first-order chi connectivity index (χ1) is 7.16. The highest BCUT2D eigenvalue weighted by Crippen LogP contribution is 2.24. The van der Waals surface area contributed by atoms with Gasteiger partial charge in [0.2, 0.25) is 0 Å². The van der Waals surface area contributed by atoms with Crippen molar-refractivity contribution in [2.75, 3.05) is 18.0 Å². The second kappa shape index (κ2) is 4.19. The van der Waals surface area contributed by atoms with Gasteiger partial charge in [-0.2, -0.15) is 0 Å². The number of halogens is 2. The van der Waals surface area contributed by atoms with E-state index >= 15 is 0 Å². The van der Waals surface area contributed by atoms with Gasteiger partial charge in [-0.3, -0.25) is 4.79 Å². The summed E-state index contributed by atoms with van der Waals surface area (Å²) in [5, 5.41) is 0.102. The normalized spacial score (nSPS) is 16.9. The summed E-state index contributed by atoms with van der Waals surface area (Å²) in [5.41, 5.74) is 0.814. The Labute approximate surface area is 92.6 Å². The van der Waals surface area contributed by atoms with Crippen molar-refractivity contribution in [2.45, 2.75) is 12.8 Å². The van der Waals surface area contributed by atoms with Crippen LogP contribution in [-0.2, 0) is 4.79 Å². The van der Waals surface area contributed by atoms with Crippen LogP contribution in [0.2, 0.25) is 5.02 Å². The van der Waals surface area contributed by atoms with E-state index in [0.717, 1.165) is 18.7 Å². The number of benzene rings is 1. The third-order valence-corrected chi connectivity index (χ3v) is 2.81. The molecule has 1 heterocycles. The molecular weight excluding hydrogens is 217 g/mol. The van der Waals surface area contributed by atoms with Crippen molar-refractivity contribution in [2.24, 2.45) is 0 Å². The average molecular weight is 228 g/mol. The largest absolute Gasteiger partial charge is 0.364 e. The molecule has 2 nitrogen and oxygen atoms in total. The second-order valence-corrected chi connectivity index (χ2v) is 4.07. The van der Waals surface area contributed by atoms with Crippen LogP contribution in [0.25, 0.3) is 0 Å². The van der Waals surface area contributed by atoms with Crippen LogP contribution in [-0.4, -0.2) is 18.9 Å². The van der Waals surface area contributed by atoms with E-state index in [1.807, 2.05) is 4.90 Å². The summed E-state index contributed by atoms with van der Waals surface area (Å²) in [4.78, 5) is 13.2. The lowest BCUT2D eigenvalue weighted by atomic mass is 10.1. The lowest BCUT2D eigenvalue weighted by Crippen LogP contribution is -2.35. The zero-order valence-electron chi connectivity index (χ0n) is 8.17. The molecule has 0 amide bonds. The maximum atomic E-state index is 12.9. The Bertz CT molecular complexity index is 394. The summed E-state index contributed by atoms with van der Waals surface area (Å²) < 4.78 is 12.9. The molecule has 0 unspecified atom stereocenters. The van der Waals surface area contributed by atoms with Crippen molar-refractivity contribution in [1.82, 2.24) is 0 Å². The molecule has 80 valence electrons. The first-order valence-corrected chi connectivity index (χ1v) is 5.26. The Morgan fingerprint density at radius 3 is 2.87 bits per heavy atom. The summed E-state index contributed by atoms with van der Waals surface area (Å²) in [6.45, 7) is 1.23. The maximum Gasteiger partial charge on any atom is 0.152 e. The van der Waals surface area contributed by atoms with Crippen LogP contribution in [0, 0.1) is 5.82 Å². The number of carbonyl (C=O) groups is 1. The van der Waals surface area contributed by atoms with Crippen molar-refractivity contribution < 1.29 is 9.18 Å². The SMILES string of the molecule is O=C1CCCN(c2ccc(F)c(Cl)c2)C1. The molecule has 2 rings (SSSR count). The smallest absolute Gasteiger partial charge is 0.152 e. The minimum Gasteiger partial charge on any atom is -0.364 e. The van der Waals surface area contributed by atoms with Crippen LogP contribution in [0.5, 0.6) is 0 Å². The predicted octanol–water partition coefficient (Wildman–Crippen LogP) is 2.65. The fourth-order valence-corrected chi connectivity index (χ4v) is 1.91. The van der Waals surface area contributed by atoms with E-state index in [9.17, 15) is 9.18 Å². The highest BCUT2D eigenvalue weighted by Gasteiger charge is 2.17. The first-order valence-electron chi connectivity index (χ1n) is 4.88. The number of Topliss-reactive ketones (excluding diaryl/α,β-unsaturated/α-hetero) is 1. The van der Waals surface area contributed by atoms with Gasteiger partial charge in [0, 0.05) is 18.7 Å². The van der Waals surface area contributed by atoms with Crippen LogP contribution in [0.3, 0.4) is 0 Å². The highest BCUT2D eigenvalue weighted by molar-refractivity contribution is 6.31. The number of carbonyl (C=O) groups excluding carboxylic acids is 1. The molecule has 1 fully saturated rings. The number of hydrogen-bond acceptors (Lipinski definition) is 2. The zero-order valence-corrected chi connectivity index (χ0v) is 8.93. The molecule has 1 aromatic carbocycles. The summed E-state index contributed by atoms with van der Waals surface area (Å²) in [6.07, 6.45) is 1.50. The molecular formula is C11H11ClFNO. The molecule has 0 spiro atoms. The Hall–Kier alpha value is -1.09. The van der Waals surface area contributed by atoms with E-state index in [2.05, 4.69) is 0 Å². The minimum atomic E-state index is -0.427. The Morgan fingerprint density at radius 2 is 2.20 bits per heavy atom. The summed E-state index contributed by atoms with van der Waals surface area (Å²) >= 11 is 5.68. The monoisotopic (exact) mass is 227 g/mol. The van der Waals surface area contributed by atoms with Crippen molar-refractivity contribution in [1.29, 1.82) is 0 Å². The Balaban J connectivity index is 2.21. The van der Waals surface area contributed by atoms with Crippen molar-refractivity contribution in [3.05, 3.63) is 29.0 Å². The molecule has 0 aromatic heterocycles. The average Bonchev–Trinajstić information content (AvgIpc) is 2.22. The number of rotatable bonds is 1. The lowest BCUT2D eigenvalue weighted by Gasteiger charge is -2.27. The molecule has 1 aromatic rings. The van der Waals surface area contributed by atoms with E-state index < -0.39 is 5.82 Å². The molecule has 0 aliphatic carbocycles. The number of anilines is 1. The predicted molar refractivity (Wildman–Crippen MR) is 57.9 cm³/mol. The zero-order chi connectivity index (χ0) is 10.8. The van der Waals surface area contributed by atoms with Gasteiger partial charge in [-0.15, -0.1) is 0 Å². The molecule has 0 radical (unpaired) electrons. The first kappa shape index (κ1) is 10.4. The third-order valence-electron chi connectivity index (χ3n) is 2.52. The van der Waals surface area contributed by atoms with E-state index in [1.54, 1.807) is 12.1 Å². The molecule has 0 N–H and O–H groups in total. The third kappa shape index (κ3) is 2.29. The molecule has 15 heavy (non-hydrogen) atoms. The molecule has 0 saturated carbocycles. The van der Waals surface area contributed by atoms with Crippen molar-refractivity contribution in [3.8, 4) is 0 Å². The summed E-state index contributed by atoms with van der Waals surface area (Å²) in [7, 11) is 0. The molecule has 1 aliphatic rings. The van der Waals surface area contributed by atoms with Crippen LogP contribution in [0.15, 0.2) is 18.2 Å². The molecule has 4 heteroatoms. The van der Waals surface area contributed by atoms with Gasteiger partial charge in [0.15, 0.2) is 5.78 Å². The van der Waals surface area contributed by atoms with Gasteiger partial charge >= 0.3 is 0 Å². The van der Waals surface area contributed by atoms with Gasteiger partial charge in [-0.05, 0) is 24.6 Å². The van der Waals surface area contributed by atoms with Gasteiger partial charge < -0.3 is 4.90 Å². The van der Waals surface area contributed by atoms with Gasteiger partial charge in [-0.25, -0.2) is 4.39 Å². The van der Waals surface area contributed by atoms with Gasteiger partial charge in [0.1, 0.15) is 5.82 Å². The lowest BCUT2D eigenvalue weighted by molar-refractivity contribution is -0.118. The topological polar surface area (TPSA) is 20.3 Å². The van der Waals surface area contributed by atoms with Crippen molar-refractivity contribution in [3.63, 3.8) is 0 Å². The van der Waals surface area contributed by atoms with Gasteiger partial charge in [-0.1, -0.05) is 11.6 Å². The number of piperidine rings is 1. The summed E-state index contributed by atoms with van der Waals surface area (Å²) in [5.74, 6) is -0.203. The van der Waals surface area contributed by atoms with Crippen LogP contribution in [0.1, 0.15) is 12.8 Å². The van der Waals surface area contributed by atoms with E-state index in [4.69, 9.17) is 11.6 Å². The summed E-state index contributed by atoms with van der Waals surface area (Å²) in [6, 6.07) is 4.55. The number of ketones is 1. The second-order valence-electron chi connectivity index (χ2n) is 3.66. The van der Waals surface area contributed by atoms with E-state index in [0.29, 0.717) is 13.0 Å². The fourth-order valence-electron chi connectivity index (χ4n) is 1.74. The molecule has 0 bridgehead atoms. The molecule has 1 aliphatic heterocycles. The van der Waals surface area contributed by atoms with Gasteiger partial charge in [0.05, 0.1) is 11.6 Å². The molecule has 0 atom stereocenters. The van der Waals surface area contributed by atoms with E-state index in [1.165, 1.54) is 6.07 Å². The number of nitrogens with zero attached hydrogens (tertiary/aromatic N) is 1. The van der Waals surface area contributed by atoms with Crippen LogP contribution >= 0.6 is 11.6 Å². The highest BCUT2D eigenvalue weighted by atomic mass is 35.5. The standard InChI is InChI=1S/C11H11ClFNO/c12-10-6-8(3-4-11(10)13)14-5-1-2-9(15)7-14/h3-4,6H,1-2,5,7H2. The quantitative estimate of drug-likeness (QED) is 0.735. The van der Waals surface area contributed by atoms with Crippen molar-refractivity contribution >= 4 is 23.1 Å². The van der Waals surface area contributed by atoms with Gasteiger partial charge in [0.25, 0.3) is 0 Å². The Morgan fingerprint density at radius 1 is 1.40 bits per heavy atom. The maximum absolute atomic E-state index is 12.9. The molecule has 1 saturated heterocycles. The van der Waals surface area contributed by atoms with Crippen LogP contribution < -0.4 is 4.90 Å². The Kier molecular flexibility index (Phi) is 2.91. The minimum absolute atomic E-state index is 0.102. The number of hydrogen-bond donors (Lipinski definition) is 0. The van der Waals surface area contributed by atoms with E-state index in [-0.39, 0.29) is 10.8 Å².